The number of alkyl halides is 3. The number of phenols is 1. The largest absolute Gasteiger partial charge is 0.508 e. The number of fused-ring (bicyclic) bond motifs is 4. The summed E-state index contributed by atoms with van der Waals surface area (Å²) in [4.78, 5) is 32.9. The maximum atomic E-state index is 17.3. The van der Waals surface area contributed by atoms with E-state index in [1.807, 2.05) is 15.9 Å². The molecular formula is C41H41F5N8O4. The number of pyridine rings is 1. The second-order valence-electron chi connectivity index (χ2n) is 15.9. The monoisotopic (exact) mass is 804 g/mol. The van der Waals surface area contributed by atoms with Gasteiger partial charge in [0, 0.05) is 36.0 Å². The van der Waals surface area contributed by atoms with Crippen molar-refractivity contribution >= 4 is 33.5 Å². The van der Waals surface area contributed by atoms with Gasteiger partial charge in [-0.25, -0.2) is 18.6 Å². The van der Waals surface area contributed by atoms with Gasteiger partial charge in [0.15, 0.2) is 5.82 Å². The smallest absolute Gasteiger partial charge is 0.391 e. The van der Waals surface area contributed by atoms with Gasteiger partial charge in [-0.15, -0.1) is 6.42 Å². The predicted molar refractivity (Wildman–Crippen MR) is 203 cm³/mol. The number of ether oxygens (including phenoxy) is 2. The van der Waals surface area contributed by atoms with Gasteiger partial charge in [-0.2, -0.15) is 28.4 Å². The summed E-state index contributed by atoms with van der Waals surface area (Å²) in [6.45, 7) is 3.49. The fourth-order valence-corrected chi connectivity index (χ4v) is 8.81. The molecule has 17 heteroatoms. The van der Waals surface area contributed by atoms with Crippen molar-refractivity contribution < 1.29 is 41.3 Å². The minimum Gasteiger partial charge on any atom is -0.508 e. The standard InChI is InChI=1S/C41H41F5N8O4/c1-4-28-30(42)8-5-23-15-27(55)16-29(31(23)28)34-33(43)35-32(37(49-34)57-3)36(53-18-25-6-7-26(19-53)54(25)39(56)48-22(2)17-47)51-38(50-35)58-21-40(11-12-40)20-52-13-9-24(10-14-52)41(44,45)46/h1,5,8,15-16,22,24-26,55H,6-7,9-14,18-21H2,2-3H3,(H,48,56). The van der Waals surface area contributed by atoms with Crippen LogP contribution in [-0.4, -0.2) is 107 Å². The molecule has 4 aromatic rings. The van der Waals surface area contributed by atoms with Crippen LogP contribution in [0.15, 0.2) is 24.3 Å². The fourth-order valence-electron chi connectivity index (χ4n) is 8.81. The molecule has 2 bridgehead atoms. The van der Waals surface area contributed by atoms with Gasteiger partial charge in [0.25, 0.3) is 0 Å². The molecular weight excluding hydrogens is 763 g/mol. The van der Waals surface area contributed by atoms with Gasteiger partial charge in [0.05, 0.1) is 43.4 Å². The molecule has 12 nitrogen and oxygen atoms in total. The lowest BCUT2D eigenvalue weighted by molar-refractivity contribution is -0.185. The lowest BCUT2D eigenvalue weighted by atomic mass is 9.95. The summed E-state index contributed by atoms with van der Waals surface area (Å²) < 4.78 is 84.5. The minimum atomic E-state index is -4.22. The Morgan fingerprint density at radius 2 is 1.79 bits per heavy atom. The summed E-state index contributed by atoms with van der Waals surface area (Å²) in [5.74, 6) is -0.714. The normalized spacial score (nSPS) is 21.1. The molecule has 4 fully saturated rings. The zero-order valence-electron chi connectivity index (χ0n) is 31.9. The molecule has 3 atom stereocenters. The zero-order valence-corrected chi connectivity index (χ0v) is 31.9. The van der Waals surface area contributed by atoms with E-state index in [2.05, 4.69) is 21.2 Å². The highest BCUT2D eigenvalue weighted by atomic mass is 19.4. The topological polar surface area (TPSA) is 140 Å². The van der Waals surface area contributed by atoms with Crippen LogP contribution in [0.4, 0.5) is 32.6 Å². The Morgan fingerprint density at radius 3 is 2.41 bits per heavy atom. The van der Waals surface area contributed by atoms with Crippen LogP contribution in [0.1, 0.15) is 51.0 Å². The van der Waals surface area contributed by atoms with E-state index in [1.54, 1.807) is 11.8 Å². The Labute approximate surface area is 330 Å². The number of aromatic nitrogens is 3. The van der Waals surface area contributed by atoms with Gasteiger partial charge in [-0.05, 0) is 82.1 Å². The van der Waals surface area contributed by atoms with Gasteiger partial charge in [0.2, 0.25) is 5.88 Å². The van der Waals surface area contributed by atoms with Crippen molar-refractivity contribution in [2.75, 3.05) is 51.3 Å². The van der Waals surface area contributed by atoms with E-state index >= 15 is 8.78 Å². The van der Waals surface area contributed by atoms with Crippen LogP contribution in [0, 0.1) is 46.6 Å². The number of urea groups is 1. The molecule has 4 aliphatic rings. The maximum absolute atomic E-state index is 17.3. The van der Waals surface area contributed by atoms with E-state index in [-0.39, 0.29) is 99.5 Å². The summed E-state index contributed by atoms with van der Waals surface area (Å²) in [6, 6.07) is 5.46. The molecule has 0 radical (unpaired) electrons. The number of nitriles is 1. The summed E-state index contributed by atoms with van der Waals surface area (Å²) in [7, 11) is 1.35. The number of piperazine rings is 1. The molecule has 5 heterocycles. The third kappa shape index (κ3) is 7.21. The zero-order chi connectivity index (χ0) is 41.1. The molecule has 0 spiro atoms. The third-order valence-corrected chi connectivity index (χ3v) is 12.0. The number of nitrogens with one attached hydrogen (secondary N) is 1. The molecule has 1 saturated carbocycles. The Hall–Kier alpha value is -5.68. The van der Waals surface area contributed by atoms with Crippen molar-refractivity contribution in [2.24, 2.45) is 11.3 Å². The molecule has 2 N–H and O–H groups in total. The van der Waals surface area contributed by atoms with Crippen molar-refractivity contribution in [3.05, 3.63) is 41.5 Å². The number of aromatic hydroxyl groups is 1. The SMILES string of the molecule is C#Cc1c(F)ccc2cc(O)cc(-c3nc(OC)c4c(N5CC6CCC(C5)N6C(=O)NC(C)C#N)nc(OCC5(CN6CCC(C(F)(F)F)CC6)CC5)nc4c3F)c12. The van der Waals surface area contributed by atoms with Gasteiger partial charge < -0.3 is 34.6 Å². The number of carbonyl (C=O) groups is 1. The van der Waals surface area contributed by atoms with Crippen LogP contribution in [0.3, 0.4) is 0 Å². The number of rotatable bonds is 9. The molecule has 3 unspecified atom stereocenters. The molecule has 2 aromatic heterocycles. The fraction of sp³-hybridized carbons (Fsp3) is 0.488. The number of halogens is 5. The Bertz CT molecular complexity index is 2360. The van der Waals surface area contributed by atoms with E-state index < -0.39 is 29.8 Å². The first-order valence-electron chi connectivity index (χ1n) is 19.2. The molecule has 8 rings (SSSR count). The van der Waals surface area contributed by atoms with Gasteiger partial charge in [0.1, 0.15) is 40.0 Å². The number of piperidine rings is 1. The average molecular weight is 805 g/mol. The summed E-state index contributed by atoms with van der Waals surface area (Å²) in [5, 5.41) is 23.3. The number of hydrogen-bond acceptors (Lipinski definition) is 10. The number of nitrogens with zero attached hydrogens (tertiary/aromatic N) is 7. The third-order valence-electron chi connectivity index (χ3n) is 12.0. The Kier molecular flexibility index (Phi) is 10.1. The van der Waals surface area contributed by atoms with E-state index in [0.29, 0.717) is 51.0 Å². The number of phenolic OH excluding ortho intramolecular Hbond substituents is 1. The molecule has 2 amide bonds. The average Bonchev–Trinajstić information content (AvgIpc) is 3.91. The summed E-state index contributed by atoms with van der Waals surface area (Å²) >= 11 is 0. The van der Waals surface area contributed by atoms with E-state index in [1.165, 1.54) is 25.3 Å². The van der Waals surface area contributed by atoms with Crippen LogP contribution < -0.4 is 19.7 Å². The number of hydrogen-bond donors (Lipinski definition) is 2. The van der Waals surface area contributed by atoms with Crippen molar-refractivity contribution in [2.45, 2.75) is 69.8 Å². The predicted octanol–water partition coefficient (Wildman–Crippen LogP) is 6.53. The highest BCUT2D eigenvalue weighted by molar-refractivity contribution is 6.04. The lowest BCUT2D eigenvalue weighted by Gasteiger charge is -2.41. The summed E-state index contributed by atoms with van der Waals surface area (Å²) in [6.07, 6.45) is 4.49. The first kappa shape index (κ1) is 39.2. The molecule has 3 saturated heterocycles. The van der Waals surface area contributed by atoms with Crippen LogP contribution in [0.25, 0.3) is 32.9 Å². The quantitative estimate of drug-likeness (QED) is 0.142. The number of likely N-dealkylation sites (tertiary alicyclic amines) is 1. The number of methoxy groups -OCH3 is 1. The molecule has 1 aliphatic carbocycles. The molecule has 3 aliphatic heterocycles. The van der Waals surface area contributed by atoms with Crippen molar-refractivity contribution in [1.29, 1.82) is 5.26 Å². The van der Waals surface area contributed by atoms with Crippen molar-refractivity contribution in [3.8, 4) is 47.3 Å². The van der Waals surface area contributed by atoms with Crippen LogP contribution in [0.5, 0.6) is 17.6 Å². The second-order valence-corrected chi connectivity index (χ2v) is 15.9. The van der Waals surface area contributed by atoms with Crippen LogP contribution in [-0.2, 0) is 0 Å². The van der Waals surface area contributed by atoms with E-state index in [4.69, 9.17) is 20.9 Å². The number of amides is 2. The van der Waals surface area contributed by atoms with Crippen molar-refractivity contribution in [3.63, 3.8) is 0 Å². The van der Waals surface area contributed by atoms with Crippen LogP contribution in [0.2, 0.25) is 0 Å². The number of benzene rings is 2. The van der Waals surface area contributed by atoms with E-state index in [9.17, 15) is 28.3 Å². The molecule has 58 heavy (non-hydrogen) atoms. The highest BCUT2D eigenvalue weighted by Gasteiger charge is 2.48. The maximum Gasteiger partial charge on any atom is 0.391 e. The van der Waals surface area contributed by atoms with Gasteiger partial charge in [-0.1, -0.05) is 12.0 Å². The number of terminal acetylenes is 1. The Balaban J connectivity index is 1.19. The first-order valence-corrected chi connectivity index (χ1v) is 19.2. The first-order chi connectivity index (χ1) is 27.7. The second kappa shape index (κ2) is 14.9. The van der Waals surface area contributed by atoms with Gasteiger partial charge >= 0.3 is 18.2 Å². The minimum absolute atomic E-state index is 0.00160. The van der Waals surface area contributed by atoms with Crippen molar-refractivity contribution in [1.82, 2.24) is 30.1 Å². The van der Waals surface area contributed by atoms with Crippen LogP contribution >= 0.6 is 0 Å². The number of carbonyl (C=O) groups excluding carboxylic acids is 1. The molecule has 2 aromatic carbocycles. The summed E-state index contributed by atoms with van der Waals surface area (Å²) in [5.41, 5.74) is -1.06. The van der Waals surface area contributed by atoms with E-state index in [0.717, 1.165) is 18.9 Å². The van der Waals surface area contributed by atoms with Gasteiger partial charge in [-0.3, -0.25) is 0 Å². The Morgan fingerprint density at radius 1 is 1.09 bits per heavy atom. The lowest BCUT2D eigenvalue weighted by Crippen LogP contribution is -2.59. The highest BCUT2D eigenvalue weighted by Crippen LogP contribution is 2.48. The molecule has 304 valence electrons. The number of anilines is 1.